The number of nitrogens with zero attached hydrogens (tertiary/aromatic N) is 3. The van der Waals surface area contributed by atoms with Gasteiger partial charge in [0.1, 0.15) is 24.9 Å². The molecule has 1 fully saturated rings. The van der Waals surface area contributed by atoms with E-state index in [1.807, 2.05) is 0 Å². The van der Waals surface area contributed by atoms with Gasteiger partial charge in [-0.2, -0.15) is 8.42 Å². The molecule has 4 rings (SSSR count). The summed E-state index contributed by atoms with van der Waals surface area (Å²) in [6, 6.07) is 6.21. The summed E-state index contributed by atoms with van der Waals surface area (Å²) in [6.45, 7) is 0.0412. The number of anilines is 2. The first-order valence-corrected chi connectivity index (χ1v) is 13.1. The third-order valence-corrected chi connectivity index (χ3v) is 6.72. The van der Waals surface area contributed by atoms with Crippen LogP contribution in [0.25, 0.3) is 10.9 Å². The fraction of sp³-hybridized carbons (Fsp3) is 0.318. The van der Waals surface area contributed by atoms with Gasteiger partial charge in [-0.15, -0.1) is 0 Å². The Morgan fingerprint density at radius 3 is 2.75 bits per heavy atom. The maximum absolute atomic E-state index is 14.6. The van der Waals surface area contributed by atoms with E-state index in [1.165, 1.54) is 30.5 Å². The van der Waals surface area contributed by atoms with Crippen molar-refractivity contribution in [2.45, 2.75) is 12.5 Å². The van der Waals surface area contributed by atoms with Crippen LogP contribution < -0.4 is 14.8 Å². The topological polar surface area (TPSA) is 120 Å². The van der Waals surface area contributed by atoms with E-state index in [2.05, 4.69) is 19.5 Å². The van der Waals surface area contributed by atoms with Gasteiger partial charge in [-0.25, -0.2) is 14.4 Å². The van der Waals surface area contributed by atoms with Crippen molar-refractivity contribution in [3.63, 3.8) is 0 Å². The highest BCUT2D eigenvalue weighted by molar-refractivity contribution is 7.86. The van der Waals surface area contributed by atoms with Crippen LogP contribution in [0.15, 0.2) is 30.6 Å². The van der Waals surface area contributed by atoms with Crippen molar-refractivity contribution in [2.75, 3.05) is 38.4 Å². The summed E-state index contributed by atoms with van der Waals surface area (Å²) in [4.78, 5) is 22.2. The summed E-state index contributed by atoms with van der Waals surface area (Å²) in [5.41, 5.74) is 0.585. The molecule has 192 valence electrons. The zero-order valence-electron chi connectivity index (χ0n) is 19.1. The van der Waals surface area contributed by atoms with Crippen LogP contribution in [0.4, 0.5) is 15.9 Å². The second-order valence-corrected chi connectivity index (χ2v) is 10.4. The van der Waals surface area contributed by atoms with Gasteiger partial charge in [0.2, 0.25) is 5.91 Å². The van der Waals surface area contributed by atoms with E-state index >= 15 is 0 Å². The molecular formula is C22H21Cl2FN4O6S. The van der Waals surface area contributed by atoms with Gasteiger partial charge >= 0.3 is 0 Å². The summed E-state index contributed by atoms with van der Waals surface area (Å²) in [5.74, 6) is -0.120. The van der Waals surface area contributed by atoms with Gasteiger partial charge in [0.05, 0.1) is 41.2 Å². The molecule has 1 unspecified atom stereocenters. The molecule has 1 aliphatic rings. The van der Waals surface area contributed by atoms with Crippen molar-refractivity contribution in [2.24, 2.45) is 0 Å². The Labute approximate surface area is 216 Å². The molecule has 0 spiro atoms. The van der Waals surface area contributed by atoms with Crippen LogP contribution in [-0.4, -0.2) is 68.4 Å². The van der Waals surface area contributed by atoms with E-state index in [-0.39, 0.29) is 28.4 Å². The number of methoxy groups -OCH3 is 1. The normalized spacial score (nSPS) is 15.8. The summed E-state index contributed by atoms with van der Waals surface area (Å²) >= 11 is 11.8. The molecule has 2 heterocycles. The molecule has 14 heteroatoms. The highest BCUT2D eigenvalue weighted by Gasteiger charge is 2.29. The van der Waals surface area contributed by atoms with Gasteiger partial charge in [0.25, 0.3) is 10.1 Å². The fourth-order valence-electron chi connectivity index (χ4n) is 3.64. The van der Waals surface area contributed by atoms with E-state index in [0.717, 1.165) is 6.26 Å². The van der Waals surface area contributed by atoms with Gasteiger partial charge in [-0.1, -0.05) is 23.2 Å². The third kappa shape index (κ3) is 5.89. The number of carbonyl (C=O) groups is 1. The highest BCUT2D eigenvalue weighted by atomic mass is 35.5. The first-order valence-electron chi connectivity index (χ1n) is 10.6. The lowest BCUT2D eigenvalue weighted by Gasteiger charge is -2.19. The average Bonchev–Trinajstić information content (AvgIpc) is 3.31. The number of fused-ring (bicyclic) bond motifs is 1. The largest absolute Gasteiger partial charge is 0.493 e. The van der Waals surface area contributed by atoms with Crippen molar-refractivity contribution in [3.8, 4) is 11.5 Å². The van der Waals surface area contributed by atoms with Gasteiger partial charge in [0.15, 0.2) is 17.3 Å². The van der Waals surface area contributed by atoms with Crippen LogP contribution in [0.5, 0.6) is 11.5 Å². The summed E-state index contributed by atoms with van der Waals surface area (Å²) in [6.07, 6.45) is 2.33. The Morgan fingerprint density at radius 1 is 1.25 bits per heavy atom. The van der Waals surface area contributed by atoms with Crippen molar-refractivity contribution in [1.82, 2.24) is 14.9 Å². The number of amides is 1. The Kier molecular flexibility index (Phi) is 7.69. The fourth-order valence-corrected chi connectivity index (χ4v) is 4.27. The molecule has 1 aliphatic heterocycles. The van der Waals surface area contributed by atoms with Gasteiger partial charge < -0.3 is 19.7 Å². The Morgan fingerprint density at radius 2 is 2.03 bits per heavy atom. The second-order valence-electron chi connectivity index (χ2n) is 7.93. The quantitative estimate of drug-likeness (QED) is 0.325. The minimum absolute atomic E-state index is 0.0731. The molecule has 0 aliphatic carbocycles. The monoisotopic (exact) mass is 558 g/mol. The van der Waals surface area contributed by atoms with Gasteiger partial charge in [0, 0.05) is 24.4 Å². The SMILES string of the molecule is COc1cc2ncnc(Nc3ccc(Cl)c(Cl)c3F)c2cc1OC1CCN(C(=O)COS(C)(=O)=O)C1. The maximum Gasteiger partial charge on any atom is 0.264 e. The molecule has 1 saturated heterocycles. The Bertz CT molecular complexity index is 1430. The average molecular weight is 559 g/mol. The number of ether oxygens (including phenoxy) is 2. The molecule has 36 heavy (non-hydrogen) atoms. The number of hydrogen-bond donors (Lipinski definition) is 1. The molecule has 1 N–H and O–H groups in total. The maximum atomic E-state index is 14.6. The standard InChI is InChI=1S/C22H21Cl2FN4O6S/c1-33-17-8-16-13(22(27-11-26-16)28-15-4-3-14(23)20(24)21(15)25)7-18(17)35-12-5-6-29(9-12)19(30)10-34-36(2,31)32/h3-4,7-8,11-12H,5-6,9-10H2,1-2H3,(H,26,27,28). The number of hydrogen-bond acceptors (Lipinski definition) is 9. The lowest BCUT2D eigenvalue weighted by Crippen LogP contribution is -2.34. The molecule has 1 amide bonds. The van der Waals surface area contributed by atoms with Crippen LogP contribution in [0.1, 0.15) is 6.42 Å². The van der Waals surface area contributed by atoms with Crippen molar-refractivity contribution >= 4 is 61.6 Å². The molecule has 0 bridgehead atoms. The second kappa shape index (κ2) is 10.6. The van der Waals surface area contributed by atoms with E-state index in [4.69, 9.17) is 32.7 Å². The third-order valence-electron chi connectivity index (χ3n) is 5.40. The Balaban J connectivity index is 1.56. The molecule has 10 nitrogen and oxygen atoms in total. The zero-order chi connectivity index (χ0) is 26.0. The predicted octanol–water partition coefficient (Wildman–Crippen LogP) is 3.78. The number of likely N-dealkylation sites (tertiary alicyclic amines) is 1. The minimum atomic E-state index is -3.73. The van der Waals surface area contributed by atoms with Crippen molar-refractivity contribution in [1.29, 1.82) is 0 Å². The molecule has 1 atom stereocenters. The van der Waals surface area contributed by atoms with Gasteiger partial charge in [-0.05, 0) is 18.2 Å². The smallest absolute Gasteiger partial charge is 0.264 e. The molecule has 3 aromatic rings. The van der Waals surface area contributed by atoms with Crippen LogP contribution >= 0.6 is 23.2 Å². The van der Waals surface area contributed by atoms with Crippen LogP contribution in [-0.2, 0) is 19.1 Å². The predicted molar refractivity (Wildman–Crippen MR) is 132 cm³/mol. The zero-order valence-corrected chi connectivity index (χ0v) is 21.5. The lowest BCUT2D eigenvalue weighted by atomic mass is 10.2. The Hall–Kier alpha value is -2.93. The number of benzene rings is 2. The first kappa shape index (κ1) is 26.1. The first-order chi connectivity index (χ1) is 17.1. The number of nitrogens with one attached hydrogen (secondary N) is 1. The molecule has 0 saturated carbocycles. The molecule has 2 aromatic carbocycles. The van der Waals surface area contributed by atoms with Crippen molar-refractivity contribution in [3.05, 3.63) is 46.5 Å². The number of rotatable bonds is 8. The van der Waals surface area contributed by atoms with E-state index < -0.39 is 28.4 Å². The van der Waals surface area contributed by atoms with Gasteiger partial charge in [-0.3, -0.25) is 8.98 Å². The lowest BCUT2D eigenvalue weighted by molar-refractivity contribution is -0.132. The van der Waals surface area contributed by atoms with Crippen LogP contribution in [0, 0.1) is 5.82 Å². The summed E-state index contributed by atoms with van der Waals surface area (Å²) in [7, 11) is -2.25. The number of carbonyl (C=O) groups excluding carboxylic acids is 1. The van der Waals surface area contributed by atoms with Crippen molar-refractivity contribution < 1.29 is 31.3 Å². The minimum Gasteiger partial charge on any atom is -0.493 e. The molecule has 1 aromatic heterocycles. The van der Waals surface area contributed by atoms with E-state index in [0.29, 0.717) is 41.2 Å². The summed E-state index contributed by atoms with van der Waals surface area (Å²) < 4.78 is 53.1. The van der Waals surface area contributed by atoms with Crippen LogP contribution in [0.2, 0.25) is 10.0 Å². The molecular weight excluding hydrogens is 538 g/mol. The number of halogens is 3. The van der Waals surface area contributed by atoms with E-state index in [9.17, 15) is 17.6 Å². The van der Waals surface area contributed by atoms with Crippen LogP contribution in [0.3, 0.4) is 0 Å². The summed E-state index contributed by atoms with van der Waals surface area (Å²) in [5, 5.41) is 3.30. The van der Waals surface area contributed by atoms with E-state index in [1.54, 1.807) is 12.1 Å². The highest BCUT2D eigenvalue weighted by Crippen LogP contribution is 2.37. The number of aromatic nitrogens is 2. The molecule has 0 radical (unpaired) electrons.